The lowest BCUT2D eigenvalue weighted by atomic mass is 10.1. The molecule has 6 nitrogen and oxygen atoms in total. The van der Waals surface area contributed by atoms with Crippen molar-refractivity contribution in [2.24, 2.45) is 0 Å². The molecule has 21 heavy (non-hydrogen) atoms. The third kappa shape index (κ3) is 3.26. The highest BCUT2D eigenvalue weighted by atomic mass is 16.2. The molecular weight excluding hydrogens is 268 g/mol. The molecule has 1 fully saturated rings. The Morgan fingerprint density at radius 3 is 2.38 bits per heavy atom. The van der Waals surface area contributed by atoms with E-state index in [1.807, 2.05) is 26.0 Å². The normalized spacial score (nSPS) is 15.0. The van der Waals surface area contributed by atoms with Crippen molar-refractivity contribution in [3.05, 3.63) is 29.3 Å². The van der Waals surface area contributed by atoms with E-state index in [9.17, 15) is 9.59 Å². The first-order valence-corrected chi connectivity index (χ1v) is 7.21. The molecule has 1 aliphatic rings. The Morgan fingerprint density at radius 2 is 1.81 bits per heavy atom. The van der Waals surface area contributed by atoms with Crippen LogP contribution in [-0.4, -0.2) is 54.5 Å². The van der Waals surface area contributed by atoms with E-state index < -0.39 is 0 Å². The Labute approximate surface area is 124 Å². The van der Waals surface area contributed by atoms with Crippen molar-refractivity contribution < 1.29 is 9.59 Å². The number of amides is 3. The van der Waals surface area contributed by atoms with Gasteiger partial charge in [-0.05, 0) is 25.5 Å². The summed E-state index contributed by atoms with van der Waals surface area (Å²) < 4.78 is 0. The number of rotatable bonds is 2. The number of hydrogen-bond donors (Lipinski definition) is 2. The van der Waals surface area contributed by atoms with Gasteiger partial charge in [-0.25, -0.2) is 4.79 Å². The minimum atomic E-state index is -0.0694. The predicted octanol–water partition coefficient (Wildman–Crippen LogP) is 1.06. The predicted molar refractivity (Wildman–Crippen MR) is 82.1 cm³/mol. The van der Waals surface area contributed by atoms with Gasteiger partial charge in [0.2, 0.25) is 0 Å². The first kappa shape index (κ1) is 15.2. The lowest BCUT2D eigenvalue weighted by Crippen LogP contribution is -2.53. The van der Waals surface area contributed by atoms with Gasteiger partial charge in [0.05, 0.1) is 5.56 Å². The molecule has 0 bridgehead atoms. The standard InChI is InChI=1S/C15H22N4O2/c1-3-17-15(21)19-9-7-18(8-10-19)14(20)13-11(2)5-4-6-12(13)16/h4-6H,3,7-10,16H2,1-2H3,(H,17,21). The number of aryl methyl sites for hydroxylation is 1. The van der Waals surface area contributed by atoms with E-state index in [-0.39, 0.29) is 11.9 Å². The summed E-state index contributed by atoms with van der Waals surface area (Å²) >= 11 is 0. The lowest BCUT2D eigenvalue weighted by molar-refractivity contribution is 0.0665. The molecule has 1 aliphatic heterocycles. The molecule has 1 heterocycles. The first-order valence-electron chi connectivity index (χ1n) is 7.21. The fourth-order valence-corrected chi connectivity index (χ4v) is 2.52. The van der Waals surface area contributed by atoms with Crippen molar-refractivity contribution in [1.82, 2.24) is 15.1 Å². The van der Waals surface area contributed by atoms with Gasteiger partial charge in [0.25, 0.3) is 5.91 Å². The van der Waals surface area contributed by atoms with Gasteiger partial charge >= 0.3 is 6.03 Å². The summed E-state index contributed by atoms with van der Waals surface area (Å²) in [6, 6.07) is 5.40. The summed E-state index contributed by atoms with van der Waals surface area (Å²) in [5, 5.41) is 2.77. The summed E-state index contributed by atoms with van der Waals surface area (Å²) in [5.74, 6) is -0.0545. The van der Waals surface area contributed by atoms with Gasteiger partial charge < -0.3 is 20.9 Å². The molecule has 0 aromatic heterocycles. The highest BCUT2D eigenvalue weighted by Crippen LogP contribution is 2.19. The Kier molecular flexibility index (Phi) is 4.67. The number of hydrogen-bond acceptors (Lipinski definition) is 3. The molecule has 0 saturated carbocycles. The monoisotopic (exact) mass is 290 g/mol. The summed E-state index contributed by atoms with van der Waals surface area (Å²) in [5.41, 5.74) is 7.88. The minimum Gasteiger partial charge on any atom is -0.398 e. The number of carbonyl (C=O) groups excluding carboxylic acids is 2. The fraction of sp³-hybridized carbons (Fsp3) is 0.467. The largest absolute Gasteiger partial charge is 0.398 e. The van der Waals surface area contributed by atoms with Crippen LogP contribution in [0, 0.1) is 6.92 Å². The zero-order valence-electron chi connectivity index (χ0n) is 12.6. The number of nitrogen functional groups attached to an aromatic ring is 1. The van der Waals surface area contributed by atoms with Crippen LogP contribution >= 0.6 is 0 Å². The highest BCUT2D eigenvalue weighted by Gasteiger charge is 2.26. The summed E-state index contributed by atoms with van der Waals surface area (Å²) in [6.07, 6.45) is 0. The third-order valence-corrected chi connectivity index (χ3v) is 3.70. The summed E-state index contributed by atoms with van der Waals surface area (Å²) in [6.45, 7) is 6.53. The Morgan fingerprint density at radius 1 is 1.19 bits per heavy atom. The van der Waals surface area contributed by atoms with Crippen LogP contribution < -0.4 is 11.1 Å². The molecule has 0 atom stereocenters. The van der Waals surface area contributed by atoms with E-state index in [2.05, 4.69) is 5.32 Å². The molecule has 6 heteroatoms. The number of nitrogens with two attached hydrogens (primary N) is 1. The summed E-state index contributed by atoms with van der Waals surface area (Å²) in [7, 11) is 0. The molecule has 0 radical (unpaired) electrons. The van der Waals surface area contributed by atoms with Crippen molar-refractivity contribution in [3.8, 4) is 0 Å². The average Bonchev–Trinajstić information content (AvgIpc) is 2.47. The van der Waals surface area contributed by atoms with Gasteiger partial charge in [0, 0.05) is 38.4 Å². The Bertz CT molecular complexity index is 516. The van der Waals surface area contributed by atoms with Crippen LogP contribution in [-0.2, 0) is 0 Å². The van der Waals surface area contributed by atoms with Crippen molar-refractivity contribution in [2.75, 3.05) is 38.5 Å². The lowest BCUT2D eigenvalue weighted by Gasteiger charge is -2.35. The van der Waals surface area contributed by atoms with Crippen molar-refractivity contribution >= 4 is 17.6 Å². The molecule has 0 aliphatic carbocycles. The van der Waals surface area contributed by atoms with Crippen LogP contribution in [0.2, 0.25) is 0 Å². The smallest absolute Gasteiger partial charge is 0.317 e. The number of carbonyl (C=O) groups is 2. The molecule has 114 valence electrons. The zero-order valence-corrected chi connectivity index (χ0v) is 12.6. The van der Waals surface area contributed by atoms with Crippen LogP contribution in [0.4, 0.5) is 10.5 Å². The van der Waals surface area contributed by atoms with Crippen LogP contribution in [0.3, 0.4) is 0 Å². The van der Waals surface area contributed by atoms with Gasteiger partial charge in [0.15, 0.2) is 0 Å². The van der Waals surface area contributed by atoms with Gasteiger partial charge in [0.1, 0.15) is 0 Å². The second kappa shape index (κ2) is 6.47. The van der Waals surface area contributed by atoms with Gasteiger partial charge in [-0.3, -0.25) is 4.79 Å². The number of urea groups is 1. The quantitative estimate of drug-likeness (QED) is 0.800. The van der Waals surface area contributed by atoms with Crippen molar-refractivity contribution in [1.29, 1.82) is 0 Å². The van der Waals surface area contributed by atoms with E-state index in [1.54, 1.807) is 15.9 Å². The molecule has 3 N–H and O–H groups in total. The molecule has 1 saturated heterocycles. The second-order valence-corrected chi connectivity index (χ2v) is 5.15. The van der Waals surface area contributed by atoms with E-state index in [4.69, 9.17) is 5.73 Å². The first-order chi connectivity index (χ1) is 10.0. The number of nitrogens with one attached hydrogen (secondary N) is 1. The van der Waals surface area contributed by atoms with Crippen LogP contribution in [0.25, 0.3) is 0 Å². The van der Waals surface area contributed by atoms with Crippen LogP contribution in [0.15, 0.2) is 18.2 Å². The maximum atomic E-state index is 12.6. The number of nitrogens with zero attached hydrogens (tertiary/aromatic N) is 2. The van der Waals surface area contributed by atoms with E-state index in [0.717, 1.165) is 5.56 Å². The Hall–Kier alpha value is -2.24. The molecule has 1 aromatic rings. The maximum Gasteiger partial charge on any atom is 0.317 e. The Balaban J connectivity index is 2.02. The molecule has 1 aromatic carbocycles. The maximum absolute atomic E-state index is 12.6. The van der Waals surface area contributed by atoms with Gasteiger partial charge in [-0.2, -0.15) is 0 Å². The van der Waals surface area contributed by atoms with E-state index in [1.165, 1.54) is 0 Å². The summed E-state index contributed by atoms with van der Waals surface area (Å²) in [4.78, 5) is 27.8. The van der Waals surface area contributed by atoms with Crippen molar-refractivity contribution in [2.45, 2.75) is 13.8 Å². The second-order valence-electron chi connectivity index (χ2n) is 5.15. The van der Waals surface area contributed by atoms with Crippen molar-refractivity contribution in [3.63, 3.8) is 0 Å². The van der Waals surface area contributed by atoms with E-state index >= 15 is 0 Å². The molecule has 3 amide bonds. The molecule has 0 unspecified atom stereocenters. The van der Waals surface area contributed by atoms with Gasteiger partial charge in [-0.15, -0.1) is 0 Å². The fourth-order valence-electron chi connectivity index (χ4n) is 2.52. The third-order valence-electron chi connectivity index (χ3n) is 3.70. The number of benzene rings is 1. The SMILES string of the molecule is CCNC(=O)N1CCN(C(=O)c2c(C)cccc2N)CC1. The molecule has 0 spiro atoms. The molecular formula is C15H22N4O2. The highest BCUT2D eigenvalue weighted by molar-refractivity contribution is 6.00. The van der Waals surface area contributed by atoms with E-state index in [0.29, 0.717) is 44.0 Å². The number of piperazine rings is 1. The number of anilines is 1. The minimum absolute atomic E-state index is 0.0545. The van der Waals surface area contributed by atoms with Crippen LogP contribution in [0.1, 0.15) is 22.8 Å². The molecule has 2 rings (SSSR count). The van der Waals surface area contributed by atoms with Crippen LogP contribution in [0.5, 0.6) is 0 Å². The van der Waals surface area contributed by atoms with Gasteiger partial charge in [-0.1, -0.05) is 12.1 Å². The average molecular weight is 290 g/mol. The zero-order chi connectivity index (χ0) is 15.4. The topological polar surface area (TPSA) is 78.7 Å².